The largest absolute Gasteiger partial charge is 0.384 e. The number of rotatable bonds is 2. The van der Waals surface area contributed by atoms with E-state index < -0.39 is 0 Å². The fourth-order valence-corrected chi connectivity index (χ4v) is 2.20. The van der Waals surface area contributed by atoms with Gasteiger partial charge in [0.25, 0.3) is 0 Å². The van der Waals surface area contributed by atoms with Gasteiger partial charge in [-0.05, 0) is 36.6 Å². The molecule has 1 aliphatic rings. The van der Waals surface area contributed by atoms with Gasteiger partial charge in [-0.25, -0.2) is 4.39 Å². The van der Waals surface area contributed by atoms with Crippen molar-refractivity contribution < 1.29 is 14.3 Å². The molecule has 1 saturated heterocycles. The number of aliphatic hydroxyl groups is 1. The molecule has 2 rings (SSSR count). The van der Waals surface area contributed by atoms with Crippen molar-refractivity contribution in [3.63, 3.8) is 0 Å². The van der Waals surface area contributed by atoms with Crippen molar-refractivity contribution in [3.8, 4) is 11.8 Å². The van der Waals surface area contributed by atoms with Gasteiger partial charge in [0.1, 0.15) is 12.4 Å². The van der Waals surface area contributed by atoms with Gasteiger partial charge in [-0.1, -0.05) is 11.8 Å². The summed E-state index contributed by atoms with van der Waals surface area (Å²) in [6.07, 6.45) is 2.51. The molecule has 0 aliphatic carbocycles. The minimum atomic E-state index is -0.371. The second-order valence-electron chi connectivity index (χ2n) is 4.58. The van der Waals surface area contributed by atoms with Gasteiger partial charge in [0.2, 0.25) is 5.91 Å². The summed E-state index contributed by atoms with van der Waals surface area (Å²) in [7, 11) is 0. The van der Waals surface area contributed by atoms with E-state index in [4.69, 9.17) is 5.11 Å². The maximum Gasteiger partial charge on any atom is 0.222 e. The van der Waals surface area contributed by atoms with Crippen LogP contribution >= 0.6 is 0 Å². The number of hydrogen-bond donors (Lipinski definition) is 1. The smallest absolute Gasteiger partial charge is 0.222 e. The van der Waals surface area contributed by atoms with Crippen molar-refractivity contribution in [2.45, 2.75) is 25.8 Å². The molecule has 1 aromatic carbocycles. The van der Waals surface area contributed by atoms with Crippen molar-refractivity contribution in [1.29, 1.82) is 0 Å². The maximum atomic E-state index is 13.5. The van der Waals surface area contributed by atoms with E-state index in [0.29, 0.717) is 18.5 Å². The minimum Gasteiger partial charge on any atom is -0.384 e. The topological polar surface area (TPSA) is 40.5 Å². The number of carbonyl (C=O) groups is 1. The summed E-state index contributed by atoms with van der Waals surface area (Å²) in [5, 5.41) is 8.64. The lowest BCUT2D eigenvalue weighted by Crippen LogP contribution is -2.34. The molecule has 1 heterocycles. The molecule has 0 bridgehead atoms. The fraction of sp³-hybridized carbons (Fsp3) is 0.400. The Kier molecular flexibility index (Phi) is 4.53. The standard InChI is InChI=1S/C15H16FNO2/c16-14-9-12(4-3-7-18)8-13(10-14)11-17-6-2-1-5-15(17)19/h8-10,18H,1-2,5-7,11H2. The number of likely N-dealkylation sites (tertiary alicyclic amines) is 1. The number of hydrogen-bond acceptors (Lipinski definition) is 2. The molecule has 1 amide bonds. The first-order valence-corrected chi connectivity index (χ1v) is 6.36. The quantitative estimate of drug-likeness (QED) is 0.823. The van der Waals surface area contributed by atoms with E-state index in [1.165, 1.54) is 12.1 Å². The zero-order valence-corrected chi connectivity index (χ0v) is 10.7. The first-order valence-electron chi connectivity index (χ1n) is 6.36. The Morgan fingerprint density at radius 1 is 1.32 bits per heavy atom. The molecule has 1 aromatic rings. The number of halogens is 1. The number of piperidine rings is 1. The second kappa shape index (κ2) is 6.35. The zero-order valence-electron chi connectivity index (χ0n) is 10.7. The average molecular weight is 261 g/mol. The van der Waals surface area contributed by atoms with Gasteiger partial charge in [-0.15, -0.1) is 0 Å². The average Bonchev–Trinajstić information content (AvgIpc) is 2.38. The van der Waals surface area contributed by atoms with Gasteiger partial charge in [0.05, 0.1) is 0 Å². The van der Waals surface area contributed by atoms with Crippen LogP contribution in [0.15, 0.2) is 18.2 Å². The van der Waals surface area contributed by atoms with E-state index in [2.05, 4.69) is 11.8 Å². The normalized spacial score (nSPS) is 15.1. The highest BCUT2D eigenvalue weighted by Gasteiger charge is 2.18. The Bertz CT molecular complexity index is 531. The number of amides is 1. The van der Waals surface area contributed by atoms with Crippen LogP contribution in [0, 0.1) is 17.7 Å². The first kappa shape index (κ1) is 13.6. The van der Waals surface area contributed by atoms with Gasteiger partial charge in [-0.3, -0.25) is 4.79 Å². The molecule has 0 atom stereocenters. The summed E-state index contributed by atoms with van der Waals surface area (Å²) in [4.78, 5) is 13.5. The maximum absolute atomic E-state index is 13.5. The van der Waals surface area contributed by atoms with E-state index >= 15 is 0 Å². The fourth-order valence-electron chi connectivity index (χ4n) is 2.20. The van der Waals surface area contributed by atoms with Crippen LogP contribution in [-0.2, 0) is 11.3 Å². The number of benzene rings is 1. The molecule has 4 heteroatoms. The molecule has 0 aromatic heterocycles. The Morgan fingerprint density at radius 3 is 2.89 bits per heavy atom. The molecule has 0 spiro atoms. The van der Waals surface area contributed by atoms with E-state index in [0.717, 1.165) is 24.9 Å². The van der Waals surface area contributed by atoms with Crippen molar-refractivity contribution in [3.05, 3.63) is 35.1 Å². The van der Waals surface area contributed by atoms with Gasteiger partial charge in [-0.2, -0.15) is 0 Å². The lowest BCUT2D eigenvalue weighted by molar-refractivity contribution is -0.133. The Morgan fingerprint density at radius 2 is 2.16 bits per heavy atom. The van der Waals surface area contributed by atoms with Crippen LogP contribution in [-0.4, -0.2) is 29.1 Å². The third-order valence-electron chi connectivity index (χ3n) is 3.06. The van der Waals surface area contributed by atoms with Crippen LogP contribution in [0.1, 0.15) is 30.4 Å². The van der Waals surface area contributed by atoms with Gasteiger partial charge >= 0.3 is 0 Å². The summed E-state index contributed by atoms with van der Waals surface area (Å²) in [6, 6.07) is 4.50. The van der Waals surface area contributed by atoms with Crippen LogP contribution in [0.25, 0.3) is 0 Å². The van der Waals surface area contributed by atoms with Crippen molar-refractivity contribution in [1.82, 2.24) is 4.90 Å². The highest BCUT2D eigenvalue weighted by Crippen LogP contribution is 2.16. The predicted molar refractivity (Wildman–Crippen MR) is 69.6 cm³/mol. The Balaban J connectivity index is 2.15. The van der Waals surface area contributed by atoms with Crippen molar-refractivity contribution >= 4 is 5.91 Å². The first-order chi connectivity index (χ1) is 9.19. The van der Waals surface area contributed by atoms with E-state index in [1.54, 1.807) is 11.0 Å². The highest BCUT2D eigenvalue weighted by atomic mass is 19.1. The molecule has 0 unspecified atom stereocenters. The van der Waals surface area contributed by atoms with Crippen molar-refractivity contribution in [2.75, 3.05) is 13.2 Å². The molecule has 1 N–H and O–H groups in total. The summed E-state index contributed by atoms with van der Waals surface area (Å²) in [5.74, 6) is 4.92. The predicted octanol–water partition coefficient (Wildman–Crippen LogP) is 1.68. The second-order valence-corrected chi connectivity index (χ2v) is 4.58. The molecule has 0 saturated carbocycles. The third kappa shape index (κ3) is 3.80. The summed E-state index contributed by atoms with van der Waals surface area (Å²) in [5.41, 5.74) is 1.26. The summed E-state index contributed by atoms with van der Waals surface area (Å²) in [6.45, 7) is 0.897. The van der Waals surface area contributed by atoms with Crippen LogP contribution in [0.3, 0.4) is 0 Å². The number of aliphatic hydroxyl groups excluding tert-OH is 1. The molecule has 1 fully saturated rings. The minimum absolute atomic E-state index is 0.124. The van der Waals surface area contributed by atoms with Crippen LogP contribution in [0.2, 0.25) is 0 Å². The molecule has 0 radical (unpaired) electrons. The molecule has 100 valence electrons. The Hall–Kier alpha value is -1.86. The molecule has 19 heavy (non-hydrogen) atoms. The monoisotopic (exact) mass is 261 g/mol. The van der Waals surface area contributed by atoms with E-state index in [1.807, 2.05) is 0 Å². The highest BCUT2D eigenvalue weighted by molar-refractivity contribution is 5.76. The van der Waals surface area contributed by atoms with Gasteiger partial charge in [0, 0.05) is 25.1 Å². The molecular weight excluding hydrogens is 245 g/mol. The third-order valence-corrected chi connectivity index (χ3v) is 3.06. The summed E-state index contributed by atoms with van der Waals surface area (Å²) >= 11 is 0. The van der Waals surface area contributed by atoms with E-state index in [9.17, 15) is 9.18 Å². The van der Waals surface area contributed by atoms with Gasteiger partial charge < -0.3 is 10.0 Å². The summed E-state index contributed by atoms with van der Waals surface area (Å²) < 4.78 is 13.5. The zero-order chi connectivity index (χ0) is 13.7. The lowest BCUT2D eigenvalue weighted by atomic mass is 10.1. The number of carbonyl (C=O) groups excluding carboxylic acids is 1. The van der Waals surface area contributed by atoms with Crippen molar-refractivity contribution in [2.24, 2.45) is 0 Å². The van der Waals surface area contributed by atoms with Crippen LogP contribution in [0.5, 0.6) is 0 Å². The SMILES string of the molecule is O=C1CCCCN1Cc1cc(F)cc(C#CCO)c1. The molecular formula is C15H16FNO2. The number of nitrogens with zero attached hydrogens (tertiary/aromatic N) is 1. The van der Waals surface area contributed by atoms with E-state index in [-0.39, 0.29) is 18.3 Å². The lowest BCUT2D eigenvalue weighted by Gasteiger charge is -2.26. The Labute approximate surface area is 112 Å². The molecule has 3 nitrogen and oxygen atoms in total. The van der Waals surface area contributed by atoms with Crippen LogP contribution < -0.4 is 0 Å². The van der Waals surface area contributed by atoms with Gasteiger partial charge in [0.15, 0.2) is 0 Å². The molecule has 1 aliphatic heterocycles. The van der Waals surface area contributed by atoms with Crippen LogP contribution in [0.4, 0.5) is 4.39 Å².